The molecule has 4 rings (SSSR count). The molecule has 3 N–H and O–H groups in total. The molecule has 0 saturated carbocycles. The minimum Gasteiger partial charge on any atom is -0.505 e. The largest absolute Gasteiger partial charge is 0.505 e. The number of azo groups is 1. The summed E-state index contributed by atoms with van der Waals surface area (Å²) in [4.78, 5) is 12.8. The standard InChI is InChI=1S/C26H21Cl2N3O6S/c1-3-37-20-10-6-9-18(27)22(20)29-26(33)17-13-15-7-4-5-8-16(15)21(24(17)32)30-31-23-19(28)12-11-14(2)25(23)38(34,35)36/h4-13,32H,3H2,1-2H3,(H,29,33)(H,34,35,36). The average molecular weight is 574 g/mol. The number of hydrogen-bond donors (Lipinski definition) is 3. The lowest BCUT2D eigenvalue weighted by Crippen LogP contribution is -2.14. The molecule has 12 heteroatoms. The molecule has 0 aromatic heterocycles. The van der Waals surface area contributed by atoms with Crippen molar-refractivity contribution in [2.24, 2.45) is 10.2 Å². The number of halogens is 2. The highest BCUT2D eigenvalue weighted by molar-refractivity contribution is 7.86. The second-order valence-corrected chi connectivity index (χ2v) is 10.2. The maximum Gasteiger partial charge on any atom is 0.297 e. The van der Waals surface area contributed by atoms with E-state index in [0.717, 1.165) is 0 Å². The maximum absolute atomic E-state index is 13.3. The molecule has 0 aliphatic heterocycles. The van der Waals surface area contributed by atoms with Crippen molar-refractivity contribution in [3.8, 4) is 11.5 Å². The Morgan fingerprint density at radius 1 is 1.00 bits per heavy atom. The van der Waals surface area contributed by atoms with Crippen LogP contribution in [0.25, 0.3) is 10.8 Å². The van der Waals surface area contributed by atoms with Crippen molar-refractivity contribution in [3.05, 3.63) is 81.8 Å². The highest BCUT2D eigenvalue weighted by atomic mass is 35.5. The molecule has 0 saturated heterocycles. The fourth-order valence-electron chi connectivity index (χ4n) is 3.84. The van der Waals surface area contributed by atoms with Crippen molar-refractivity contribution >= 4 is 67.1 Å². The van der Waals surface area contributed by atoms with Crippen molar-refractivity contribution in [3.63, 3.8) is 0 Å². The van der Waals surface area contributed by atoms with E-state index in [9.17, 15) is 22.9 Å². The molecule has 9 nitrogen and oxygen atoms in total. The van der Waals surface area contributed by atoms with Crippen LogP contribution in [0.2, 0.25) is 10.0 Å². The number of amides is 1. The number of benzene rings is 4. The molecular weight excluding hydrogens is 553 g/mol. The van der Waals surface area contributed by atoms with Gasteiger partial charge in [-0.25, -0.2) is 0 Å². The minimum absolute atomic E-state index is 0.0909. The van der Waals surface area contributed by atoms with Crippen LogP contribution < -0.4 is 10.1 Å². The van der Waals surface area contributed by atoms with Gasteiger partial charge in [-0.2, -0.15) is 8.42 Å². The van der Waals surface area contributed by atoms with E-state index in [1.54, 1.807) is 49.4 Å². The second kappa shape index (κ2) is 11.0. The van der Waals surface area contributed by atoms with Crippen molar-refractivity contribution in [1.29, 1.82) is 0 Å². The first-order valence-corrected chi connectivity index (χ1v) is 13.4. The number of hydrogen-bond acceptors (Lipinski definition) is 7. The SMILES string of the molecule is CCOc1cccc(Cl)c1NC(=O)c1cc2ccccc2c(N=Nc2c(Cl)ccc(C)c2S(=O)(=O)O)c1O. The van der Waals surface area contributed by atoms with Crippen molar-refractivity contribution < 1.29 is 27.6 Å². The van der Waals surface area contributed by atoms with Gasteiger partial charge in [0.1, 0.15) is 27.7 Å². The Hall–Kier alpha value is -3.70. The molecule has 0 bridgehead atoms. The van der Waals surface area contributed by atoms with E-state index in [1.807, 2.05) is 0 Å². The number of para-hydroxylation sites is 1. The van der Waals surface area contributed by atoms with E-state index in [-0.39, 0.29) is 38.2 Å². The van der Waals surface area contributed by atoms with Gasteiger partial charge in [0.2, 0.25) is 0 Å². The van der Waals surface area contributed by atoms with E-state index in [1.165, 1.54) is 25.1 Å². The summed E-state index contributed by atoms with van der Waals surface area (Å²) in [5, 5.41) is 23.0. The number of carbonyl (C=O) groups excluding carboxylic acids is 1. The lowest BCUT2D eigenvalue weighted by molar-refractivity contribution is 0.102. The van der Waals surface area contributed by atoms with Gasteiger partial charge in [0, 0.05) is 5.39 Å². The number of anilines is 1. The minimum atomic E-state index is -4.70. The number of ether oxygens (including phenoxy) is 1. The number of rotatable bonds is 7. The molecule has 0 heterocycles. The summed E-state index contributed by atoms with van der Waals surface area (Å²) in [6.45, 7) is 3.58. The van der Waals surface area contributed by atoms with Crippen LogP contribution in [0.4, 0.5) is 17.1 Å². The van der Waals surface area contributed by atoms with Crippen LogP contribution >= 0.6 is 23.2 Å². The molecule has 0 aliphatic rings. The molecule has 0 unspecified atom stereocenters. The lowest BCUT2D eigenvalue weighted by Gasteiger charge is -2.15. The topological polar surface area (TPSA) is 138 Å². The first kappa shape index (κ1) is 27.3. The Balaban J connectivity index is 1.86. The number of carbonyl (C=O) groups is 1. The predicted octanol–water partition coefficient (Wildman–Crippen LogP) is 7.47. The number of aromatic hydroxyl groups is 1. The van der Waals surface area contributed by atoms with Crippen LogP contribution in [0.5, 0.6) is 11.5 Å². The predicted molar refractivity (Wildman–Crippen MR) is 146 cm³/mol. The second-order valence-electron chi connectivity index (χ2n) is 8.06. The van der Waals surface area contributed by atoms with Crippen LogP contribution in [0.15, 0.2) is 75.8 Å². The highest BCUT2D eigenvalue weighted by Crippen LogP contribution is 2.42. The number of nitrogens with one attached hydrogen (secondary N) is 1. The summed E-state index contributed by atoms with van der Waals surface area (Å²) < 4.78 is 39.3. The molecule has 0 radical (unpaired) electrons. The summed E-state index contributed by atoms with van der Waals surface area (Å²) >= 11 is 12.5. The molecule has 0 spiro atoms. The molecule has 1 amide bonds. The van der Waals surface area contributed by atoms with Crippen LogP contribution in [-0.2, 0) is 10.1 Å². The van der Waals surface area contributed by atoms with Gasteiger partial charge in [-0.05, 0) is 49.1 Å². The molecule has 196 valence electrons. The Labute approximate surface area is 228 Å². The third kappa shape index (κ3) is 5.44. The molecule has 4 aromatic carbocycles. The molecule has 0 aliphatic carbocycles. The van der Waals surface area contributed by atoms with Crippen LogP contribution in [-0.4, -0.2) is 30.6 Å². The molecule has 38 heavy (non-hydrogen) atoms. The van der Waals surface area contributed by atoms with Gasteiger partial charge in [0.05, 0.1) is 22.2 Å². The molecule has 4 aromatic rings. The van der Waals surface area contributed by atoms with Crippen molar-refractivity contribution in [2.45, 2.75) is 18.7 Å². The van der Waals surface area contributed by atoms with Gasteiger partial charge in [0.25, 0.3) is 16.0 Å². The first-order chi connectivity index (χ1) is 18.0. The fraction of sp³-hybridized carbons (Fsp3) is 0.115. The zero-order valence-corrected chi connectivity index (χ0v) is 22.4. The quantitative estimate of drug-likeness (QED) is 0.155. The van der Waals surface area contributed by atoms with Gasteiger partial charge in [-0.3, -0.25) is 9.35 Å². The Morgan fingerprint density at radius 2 is 1.71 bits per heavy atom. The van der Waals surface area contributed by atoms with E-state index < -0.39 is 26.7 Å². The zero-order chi connectivity index (χ0) is 27.6. The number of phenols is 1. The monoisotopic (exact) mass is 573 g/mol. The van der Waals surface area contributed by atoms with Gasteiger partial charge in [-0.15, -0.1) is 10.2 Å². The van der Waals surface area contributed by atoms with E-state index in [4.69, 9.17) is 27.9 Å². The van der Waals surface area contributed by atoms with Gasteiger partial charge < -0.3 is 15.2 Å². The van der Waals surface area contributed by atoms with Gasteiger partial charge >= 0.3 is 0 Å². The van der Waals surface area contributed by atoms with E-state index in [0.29, 0.717) is 23.1 Å². The Morgan fingerprint density at radius 3 is 2.42 bits per heavy atom. The maximum atomic E-state index is 13.3. The third-order valence-corrected chi connectivity index (χ3v) is 7.19. The van der Waals surface area contributed by atoms with E-state index >= 15 is 0 Å². The third-order valence-electron chi connectivity index (χ3n) is 5.54. The number of phenolic OH excluding ortho intramolecular Hbond substituents is 1. The van der Waals surface area contributed by atoms with Crippen molar-refractivity contribution in [1.82, 2.24) is 0 Å². The Bertz CT molecular complexity index is 1710. The Kier molecular flexibility index (Phi) is 7.89. The summed E-state index contributed by atoms with van der Waals surface area (Å²) in [5.74, 6) is -0.876. The highest BCUT2D eigenvalue weighted by Gasteiger charge is 2.23. The van der Waals surface area contributed by atoms with Crippen LogP contribution in [0.1, 0.15) is 22.8 Å². The molecule has 0 fully saturated rings. The van der Waals surface area contributed by atoms with Gasteiger partial charge in [0.15, 0.2) is 5.75 Å². The van der Waals surface area contributed by atoms with Crippen molar-refractivity contribution in [2.75, 3.05) is 11.9 Å². The summed E-state index contributed by atoms with van der Waals surface area (Å²) in [6, 6.07) is 16.0. The molecule has 0 atom stereocenters. The van der Waals surface area contributed by atoms with Gasteiger partial charge in [-0.1, -0.05) is 59.6 Å². The fourth-order valence-corrected chi connectivity index (χ4v) is 5.18. The van der Waals surface area contributed by atoms with E-state index in [2.05, 4.69) is 15.5 Å². The number of aryl methyl sites for hydroxylation is 1. The summed E-state index contributed by atoms with van der Waals surface area (Å²) in [7, 11) is -4.70. The zero-order valence-electron chi connectivity index (χ0n) is 20.1. The molecular formula is C26H21Cl2N3O6S. The normalized spacial score (nSPS) is 11.7. The summed E-state index contributed by atoms with van der Waals surface area (Å²) in [6.07, 6.45) is 0. The smallest absolute Gasteiger partial charge is 0.297 e. The summed E-state index contributed by atoms with van der Waals surface area (Å²) in [5.41, 5.74) is -0.162. The number of fused-ring (bicyclic) bond motifs is 1. The van der Waals surface area contributed by atoms with Crippen LogP contribution in [0.3, 0.4) is 0 Å². The average Bonchev–Trinajstić information content (AvgIpc) is 2.86. The number of nitrogens with zero attached hydrogens (tertiary/aromatic N) is 2. The van der Waals surface area contributed by atoms with Crippen LogP contribution in [0, 0.1) is 6.92 Å². The first-order valence-electron chi connectivity index (χ1n) is 11.2. The lowest BCUT2D eigenvalue weighted by atomic mass is 10.0.